The molecule has 2 bridgehead atoms. The first-order valence-corrected chi connectivity index (χ1v) is 24.1. The van der Waals surface area contributed by atoms with Crippen molar-refractivity contribution in [1.82, 2.24) is 30.0 Å². The number of amides is 6. The summed E-state index contributed by atoms with van der Waals surface area (Å²) in [6.45, 7) is 4.20. The molecule has 1 unspecified atom stereocenters. The normalized spacial score (nSPS) is 21.8. The standard InChI is InChI=1S/C52H52F2N10O6/c53-34-3-7-36(8-4-34)59-51(70)52(14-15-52)50(69)58-35-5-1-30(2-6-35)19-32-11-16-55-42-23-44(41(54)22-39(32)42)61-17-12-31(13-18-61)26-62-28-38-21-37(62)29-63(38)47(66)25-57-45-20-33-27-64(49(68)40(33)24-56-45)43-9-10-46(65)60-48(43)67/h1-8,11,16,20,22-24,31,37-38,43H,9-10,12-15,17-19,21,25-29H2,(H,56,57)(H,58,69)(H,59,70)(H,60,65,67)/t37-,38-,43?/m1/s1. The summed E-state index contributed by atoms with van der Waals surface area (Å²) < 4.78 is 29.3. The summed E-state index contributed by atoms with van der Waals surface area (Å²) in [7, 11) is 0. The van der Waals surface area contributed by atoms with Crippen LogP contribution < -0.4 is 26.2 Å². The molecule has 4 N–H and O–H groups in total. The van der Waals surface area contributed by atoms with Gasteiger partial charge in [0.2, 0.25) is 29.5 Å². The zero-order valence-electron chi connectivity index (χ0n) is 38.4. The van der Waals surface area contributed by atoms with E-state index >= 15 is 4.39 Å². The number of imide groups is 1. The van der Waals surface area contributed by atoms with Gasteiger partial charge in [-0.1, -0.05) is 12.1 Å². The molecular formula is C52H52F2N10O6. The van der Waals surface area contributed by atoms with Gasteiger partial charge in [-0.2, -0.15) is 0 Å². The Bertz CT molecular complexity index is 2940. The van der Waals surface area contributed by atoms with Gasteiger partial charge in [-0.15, -0.1) is 0 Å². The Morgan fingerprint density at radius 2 is 1.56 bits per heavy atom. The van der Waals surface area contributed by atoms with E-state index in [4.69, 9.17) is 0 Å². The Kier molecular flexibility index (Phi) is 11.7. The van der Waals surface area contributed by atoms with Crippen molar-refractivity contribution in [2.45, 2.75) is 76.0 Å². The second kappa shape index (κ2) is 18.2. The van der Waals surface area contributed by atoms with E-state index in [1.807, 2.05) is 29.2 Å². The van der Waals surface area contributed by atoms with Crippen molar-refractivity contribution in [3.8, 4) is 0 Å². The van der Waals surface area contributed by atoms with Gasteiger partial charge in [-0.3, -0.25) is 44.0 Å². The monoisotopic (exact) mass is 950 g/mol. The first-order chi connectivity index (χ1) is 33.9. The topological polar surface area (TPSA) is 189 Å². The lowest BCUT2D eigenvalue weighted by Crippen LogP contribution is -2.52. The van der Waals surface area contributed by atoms with Gasteiger partial charge in [0.15, 0.2) is 0 Å². The van der Waals surface area contributed by atoms with Crippen LogP contribution in [0.15, 0.2) is 85.2 Å². The van der Waals surface area contributed by atoms with Crippen LogP contribution in [0, 0.1) is 23.0 Å². The molecule has 11 rings (SSSR count). The van der Waals surface area contributed by atoms with Crippen LogP contribution in [0.25, 0.3) is 10.9 Å². The van der Waals surface area contributed by atoms with Gasteiger partial charge in [0.25, 0.3) is 5.91 Å². The van der Waals surface area contributed by atoms with Gasteiger partial charge in [-0.25, -0.2) is 13.8 Å². The lowest BCUT2D eigenvalue weighted by molar-refractivity contribution is -0.137. The van der Waals surface area contributed by atoms with Gasteiger partial charge in [0.05, 0.1) is 23.3 Å². The molecule has 6 amide bonds. The predicted octanol–water partition coefficient (Wildman–Crippen LogP) is 5.23. The van der Waals surface area contributed by atoms with Gasteiger partial charge in [-0.05, 0) is 128 Å². The van der Waals surface area contributed by atoms with Crippen LogP contribution in [0.4, 0.5) is 31.7 Å². The minimum atomic E-state index is -1.17. The molecule has 0 spiro atoms. The SMILES string of the molecule is O=C1CCC(N2Cc3cc(NCC(=O)N4C[C@H]5C[C@@H]4CN5CC4CCN(c5cc6nccc(Cc7ccc(NC(=O)C8(C(=O)Nc9ccc(F)cc9)CC8)cc7)c6cc5F)CC4)ncc3C2=O)C(=O)N1. The largest absolute Gasteiger partial charge is 0.369 e. The smallest absolute Gasteiger partial charge is 0.256 e. The van der Waals surface area contributed by atoms with Crippen LogP contribution in [0.2, 0.25) is 0 Å². The zero-order valence-corrected chi connectivity index (χ0v) is 38.4. The van der Waals surface area contributed by atoms with Crippen LogP contribution >= 0.6 is 0 Å². The highest BCUT2D eigenvalue weighted by molar-refractivity contribution is 6.17. The number of halogens is 2. The van der Waals surface area contributed by atoms with Gasteiger partial charge >= 0.3 is 0 Å². The fourth-order valence-corrected chi connectivity index (χ4v) is 11.0. The molecule has 3 aromatic carbocycles. The number of piperidine rings is 2. The van der Waals surface area contributed by atoms with Crippen LogP contribution in [-0.2, 0) is 36.9 Å². The molecule has 7 heterocycles. The molecule has 1 aliphatic carbocycles. The summed E-state index contributed by atoms with van der Waals surface area (Å²) in [6.07, 6.45) is 7.85. The highest BCUT2D eigenvalue weighted by atomic mass is 19.1. The molecule has 3 atom stereocenters. The van der Waals surface area contributed by atoms with Crippen LogP contribution in [0.1, 0.15) is 72.0 Å². The number of anilines is 4. The summed E-state index contributed by atoms with van der Waals surface area (Å²) in [4.78, 5) is 93.8. The Balaban J connectivity index is 0.638. The number of hydrogen-bond donors (Lipinski definition) is 4. The van der Waals surface area contributed by atoms with Crippen molar-refractivity contribution in [2.75, 3.05) is 60.1 Å². The van der Waals surface area contributed by atoms with Crippen molar-refractivity contribution >= 4 is 69.2 Å². The van der Waals surface area contributed by atoms with Crippen molar-refractivity contribution < 1.29 is 37.5 Å². The Labute approximate surface area is 402 Å². The molecule has 5 aliphatic heterocycles. The number of hydrogen-bond acceptors (Lipinski definition) is 11. The summed E-state index contributed by atoms with van der Waals surface area (Å²) >= 11 is 0. The van der Waals surface area contributed by atoms with E-state index in [0.29, 0.717) is 71.7 Å². The maximum atomic E-state index is 16.0. The maximum Gasteiger partial charge on any atom is 0.256 e. The quantitative estimate of drug-likeness (QED) is 0.0894. The molecule has 16 nitrogen and oxygen atoms in total. The van der Waals surface area contributed by atoms with Gasteiger partial charge < -0.3 is 30.7 Å². The molecule has 0 radical (unpaired) electrons. The van der Waals surface area contributed by atoms with Crippen LogP contribution in [0.3, 0.4) is 0 Å². The van der Waals surface area contributed by atoms with Crippen molar-refractivity contribution in [3.05, 3.63) is 119 Å². The first-order valence-electron chi connectivity index (χ1n) is 24.1. The lowest BCUT2D eigenvalue weighted by atomic mass is 9.95. The zero-order chi connectivity index (χ0) is 48.3. The molecule has 5 aromatic rings. The average molecular weight is 951 g/mol. The summed E-state index contributed by atoms with van der Waals surface area (Å²) in [5.41, 5.74) is 4.10. The fourth-order valence-electron chi connectivity index (χ4n) is 11.0. The fraction of sp³-hybridized carbons (Fsp3) is 0.385. The van der Waals surface area contributed by atoms with E-state index in [9.17, 15) is 33.2 Å². The average Bonchev–Trinajstić information content (AvgIpc) is 3.80. The van der Waals surface area contributed by atoms with E-state index < -0.39 is 29.1 Å². The Hall–Kier alpha value is -7.34. The number of pyridine rings is 2. The third kappa shape index (κ3) is 8.80. The molecule has 4 saturated heterocycles. The number of likely N-dealkylation sites (tertiary alicyclic amines) is 2. The second-order valence-electron chi connectivity index (χ2n) is 19.6. The Morgan fingerprint density at radius 1 is 0.829 bits per heavy atom. The van der Waals surface area contributed by atoms with E-state index in [0.717, 1.165) is 67.5 Å². The molecule has 70 heavy (non-hydrogen) atoms. The molecule has 360 valence electrons. The number of nitrogens with zero attached hydrogens (tertiary/aromatic N) is 6. The number of rotatable bonds is 13. The molecule has 5 fully saturated rings. The van der Waals surface area contributed by atoms with E-state index in [2.05, 4.69) is 41.0 Å². The molecule has 2 aromatic heterocycles. The first kappa shape index (κ1) is 45.1. The third-order valence-corrected chi connectivity index (χ3v) is 15.2. The maximum absolute atomic E-state index is 16.0. The molecule has 18 heteroatoms. The number of fused-ring (bicyclic) bond motifs is 4. The van der Waals surface area contributed by atoms with Crippen molar-refractivity contribution in [1.29, 1.82) is 0 Å². The summed E-state index contributed by atoms with van der Waals surface area (Å²) in [5.74, 6) is -1.67. The number of nitrogens with one attached hydrogen (secondary N) is 4. The summed E-state index contributed by atoms with van der Waals surface area (Å²) in [5, 5.41) is 11.8. The van der Waals surface area contributed by atoms with E-state index in [-0.39, 0.29) is 61.4 Å². The Morgan fingerprint density at radius 3 is 2.24 bits per heavy atom. The minimum Gasteiger partial charge on any atom is -0.369 e. The lowest BCUT2D eigenvalue weighted by Gasteiger charge is -2.39. The minimum absolute atomic E-state index is 0.00243. The van der Waals surface area contributed by atoms with Crippen molar-refractivity contribution in [2.24, 2.45) is 11.3 Å². The number of piperazine rings is 1. The number of aromatic nitrogens is 2. The van der Waals surface area contributed by atoms with E-state index in [1.54, 1.807) is 30.5 Å². The number of carbonyl (C=O) groups is 6. The van der Waals surface area contributed by atoms with Crippen LogP contribution in [-0.4, -0.2) is 118 Å². The van der Waals surface area contributed by atoms with Gasteiger partial charge in [0.1, 0.15) is 28.9 Å². The van der Waals surface area contributed by atoms with Gasteiger partial charge in [0, 0.05) is 86.9 Å². The molecular weight excluding hydrogens is 899 g/mol. The van der Waals surface area contributed by atoms with E-state index in [1.165, 1.54) is 35.4 Å². The highest BCUT2D eigenvalue weighted by Crippen LogP contribution is 2.47. The predicted molar refractivity (Wildman–Crippen MR) is 255 cm³/mol. The van der Waals surface area contributed by atoms with Crippen molar-refractivity contribution in [3.63, 3.8) is 0 Å². The molecule has 6 aliphatic rings. The second-order valence-corrected chi connectivity index (χ2v) is 19.6. The number of carbonyl (C=O) groups excluding carboxylic acids is 6. The molecule has 1 saturated carbocycles. The highest BCUT2D eigenvalue weighted by Gasteiger charge is 2.56. The summed E-state index contributed by atoms with van der Waals surface area (Å²) in [6, 6.07) is 19.6. The number of benzene rings is 3. The van der Waals surface area contributed by atoms with Crippen LogP contribution in [0.5, 0.6) is 0 Å². The third-order valence-electron chi connectivity index (χ3n) is 15.2.